The summed E-state index contributed by atoms with van der Waals surface area (Å²) >= 11 is 6.07. The Morgan fingerprint density at radius 1 is 1.33 bits per heavy atom. The molecule has 0 saturated heterocycles. The number of rotatable bonds is 3. The molecule has 15 heavy (non-hydrogen) atoms. The van der Waals surface area contributed by atoms with E-state index < -0.39 is 9.71 Å². The average Bonchev–Trinajstić information content (AvgIpc) is 2.18. The summed E-state index contributed by atoms with van der Waals surface area (Å²) in [5, 5.41) is 11.3. The van der Waals surface area contributed by atoms with Crippen molar-refractivity contribution in [3.8, 4) is 0 Å². The van der Waals surface area contributed by atoms with E-state index in [0.29, 0.717) is 5.69 Å². The Morgan fingerprint density at radius 2 is 2.00 bits per heavy atom. The van der Waals surface area contributed by atoms with Crippen molar-refractivity contribution >= 4 is 49.4 Å². The third-order valence-corrected chi connectivity index (χ3v) is 2.41. The van der Waals surface area contributed by atoms with Crippen molar-refractivity contribution in [3.63, 3.8) is 0 Å². The molecule has 0 radical (unpaired) electrons. The van der Waals surface area contributed by atoms with Crippen LogP contribution in [-0.4, -0.2) is 20.7 Å². The van der Waals surface area contributed by atoms with Gasteiger partial charge in [-0.15, -0.1) is 0 Å². The Balaban J connectivity index is 2.83. The lowest BCUT2D eigenvalue weighted by Crippen LogP contribution is -2.18. The maximum absolute atomic E-state index is 11.2. The molecule has 0 aliphatic carbocycles. The van der Waals surface area contributed by atoms with Gasteiger partial charge in [-0.1, -0.05) is 37.9 Å². The largest absolute Gasteiger partial charge is 0.478 e. The van der Waals surface area contributed by atoms with Gasteiger partial charge < -0.3 is 10.4 Å². The Kier molecular flexibility index (Phi) is 4.28. The number of carboxylic acid groups (broad SMARTS) is 1. The molecule has 1 aromatic carbocycles. The fourth-order valence-corrected chi connectivity index (χ4v) is 1.16. The van der Waals surface area contributed by atoms with Crippen molar-refractivity contribution in [3.05, 3.63) is 29.8 Å². The van der Waals surface area contributed by atoms with Gasteiger partial charge in [0.05, 0.1) is 5.56 Å². The van der Waals surface area contributed by atoms with Crippen LogP contribution in [0.1, 0.15) is 10.4 Å². The second-order valence-corrected chi connectivity index (χ2v) is 5.74. The Labute approximate surface area is 103 Å². The van der Waals surface area contributed by atoms with Crippen LogP contribution in [0.5, 0.6) is 0 Å². The van der Waals surface area contributed by atoms with Crippen LogP contribution in [0.4, 0.5) is 5.69 Å². The maximum Gasteiger partial charge on any atom is 0.335 e. The summed E-state index contributed by atoms with van der Waals surface area (Å²) in [7, 11) is 0. The number of nitrogens with one attached hydrogen (secondary N) is 1. The number of carbonyl (C=O) groups is 2. The molecule has 6 heteroatoms. The van der Waals surface area contributed by atoms with Crippen molar-refractivity contribution in [1.29, 1.82) is 0 Å². The van der Waals surface area contributed by atoms with Crippen LogP contribution >= 0.6 is 31.9 Å². The second-order valence-electron chi connectivity index (χ2n) is 2.68. The molecule has 4 nitrogen and oxygen atoms in total. The monoisotopic (exact) mass is 335 g/mol. The number of hydrogen-bond acceptors (Lipinski definition) is 2. The molecule has 0 spiro atoms. The molecule has 1 amide bonds. The first-order valence-electron chi connectivity index (χ1n) is 3.93. The highest BCUT2D eigenvalue weighted by atomic mass is 79.9. The van der Waals surface area contributed by atoms with E-state index in [1.54, 1.807) is 12.1 Å². The summed E-state index contributed by atoms with van der Waals surface area (Å²) in [5.74, 6) is -1.32. The number of benzene rings is 1. The normalized spacial score (nSPS) is 10.1. The van der Waals surface area contributed by atoms with Gasteiger partial charge in [-0.05, 0) is 18.2 Å². The quantitative estimate of drug-likeness (QED) is 0.833. The lowest BCUT2D eigenvalue weighted by atomic mass is 10.2. The summed E-state index contributed by atoms with van der Waals surface area (Å²) in [4.78, 5) is 21.9. The standard InChI is InChI=1S/C9H7Br2NO3/c10-7(11)8(13)12-6-3-1-2-5(4-6)9(14)15/h1-4,7H,(H,12,13)(H,14,15). The van der Waals surface area contributed by atoms with Gasteiger partial charge in [-0.2, -0.15) is 0 Å². The second kappa shape index (κ2) is 5.27. The van der Waals surface area contributed by atoms with E-state index in [-0.39, 0.29) is 11.5 Å². The number of carboxylic acids is 1. The van der Waals surface area contributed by atoms with E-state index in [0.717, 1.165) is 0 Å². The van der Waals surface area contributed by atoms with Crippen molar-refractivity contribution < 1.29 is 14.7 Å². The van der Waals surface area contributed by atoms with Gasteiger partial charge in [0.15, 0.2) is 0 Å². The average molecular weight is 337 g/mol. The van der Waals surface area contributed by atoms with E-state index in [1.165, 1.54) is 12.1 Å². The van der Waals surface area contributed by atoms with Gasteiger partial charge in [0.1, 0.15) is 3.74 Å². The number of carbonyl (C=O) groups excluding carboxylic acids is 1. The molecule has 80 valence electrons. The molecule has 0 unspecified atom stereocenters. The Bertz CT molecular complexity index is 393. The third kappa shape index (κ3) is 3.64. The minimum atomic E-state index is -1.03. The van der Waals surface area contributed by atoms with Crippen molar-refractivity contribution in [2.75, 3.05) is 5.32 Å². The fourth-order valence-electron chi connectivity index (χ4n) is 0.927. The third-order valence-electron chi connectivity index (χ3n) is 1.58. The Morgan fingerprint density at radius 3 is 2.53 bits per heavy atom. The SMILES string of the molecule is O=C(O)c1cccc(NC(=O)C(Br)Br)c1. The maximum atomic E-state index is 11.2. The number of anilines is 1. The van der Waals surface area contributed by atoms with Gasteiger partial charge in [0.2, 0.25) is 5.91 Å². The van der Waals surface area contributed by atoms with Crippen LogP contribution in [0, 0.1) is 0 Å². The van der Waals surface area contributed by atoms with Crippen LogP contribution < -0.4 is 5.32 Å². The van der Waals surface area contributed by atoms with Crippen molar-refractivity contribution in [2.45, 2.75) is 3.74 Å². The summed E-state index contributed by atoms with van der Waals surface area (Å²) in [6.45, 7) is 0. The molecule has 0 fully saturated rings. The summed E-state index contributed by atoms with van der Waals surface area (Å²) in [6.07, 6.45) is 0. The molecular weight excluding hydrogens is 330 g/mol. The minimum absolute atomic E-state index is 0.133. The smallest absolute Gasteiger partial charge is 0.335 e. The molecule has 0 heterocycles. The molecule has 0 bridgehead atoms. The predicted octanol–water partition coefficient (Wildman–Crippen LogP) is 2.44. The zero-order valence-corrected chi connectivity index (χ0v) is 10.6. The van der Waals surface area contributed by atoms with E-state index in [9.17, 15) is 9.59 Å². The number of halogens is 2. The lowest BCUT2D eigenvalue weighted by molar-refractivity contribution is -0.114. The van der Waals surface area contributed by atoms with Crippen molar-refractivity contribution in [2.24, 2.45) is 0 Å². The molecular formula is C9H7Br2NO3. The predicted molar refractivity (Wildman–Crippen MR) is 63.7 cm³/mol. The summed E-state index contributed by atoms with van der Waals surface area (Å²) in [6, 6.07) is 6.03. The van der Waals surface area contributed by atoms with Crippen molar-refractivity contribution in [1.82, 2.24) is 0 Å². The first kappa shape index (κ1) is 12.2. The molecule has 2 N–H and O–H groups in total. The molecule has 0 aromatic heterocycles. The number of hydrogen-bond donors (Lipinski definition) is 2. The minimum Gasteiger partial charge on any atom is -0.478 e. The molecule has 0 aliphatic heterocycles. The van der Waals surface area contributed by atoms with Gasteiger partial charge >= 0.3 is 5.97 Å². The first-order valence-corrected chi connectivity index (χ1v) is 5.76. The zero-order chi connectivity index (χ0) is 11.4. The van der Waals surface area contributed by atoms with Gasteiger partial charge in [0, 0.05) is 5.69 Å². The van der Waals surface area contributed by atoms with Crippen LogP contribution in [0.2, 0.25) is 0 Å². The highest BCUT2D eigenvalue weighted by Crippen LogP contribution is 2.14. The van der Waals surface area contributed by atoms with Crippen LogP contribution in [0.25, 0.3) is 0 Å². The summed E-state index contributed by atoms with van der Waals surface area (Å²) < 4.78 is -0.501. The van der Waals surface area contributed by atoms with E-state index in [4.69, 9.17) is 5.11 Å². The first-order chi connectivity index (χ1) is 7.00. The van der Waals surface area contributed by atoms with E-state index in [2.05, 4.69) is 37.2 Å². The van der Waals surface area contributed by atoms with E-state index in [1.807, 2.05) is 0 Å². The van der Waals surface area contributed by atoms with E-state index >= 15 is 0 Å². The molecule has 1 aromatic rings. The molecule has 1 rings (SSSR count). The number of alkyl halides is 2. The lowest BCUT2D eigenvalue weighted by Gasteiger charge is -2.06. The highest BCUT2D eigenvalue weighted by molar-refractivity contribution is 9.25. The number of amides is 1. The molecule has 0 aliphatic rings. The fraction of sp³-hybridized carbons (Fsp3) is 0.111. The van der Waals surface area contributed by atoms with Gasteiger partial charge in [-0.25, -0.2) is 4.79 Å². The van der Waals surface area contributed by atoms with Gasteiger partial charge in [0.25, 0.3) is 0 Å². The topological polar surface area (TPSA) is 66.4 Å². The van der Waals surface area contributed by atoms with Crippen LogP contribution in [0.15, 0.2) is 24.3 Å². The Hall–Kier alpha value is -0.880. The molecule has 0 saturated carbocycles. The van der Waals surface area contributed by atoms with Gasteiger partial charge in [-0.3, -0.25) is 4.79 Å². The zero-order valence-electron chi connectivity index (χ0n) is 7.41. The van der Waals surface area contributed by atoms with Crippen LogP contribution in [0.3, 0.4) is 0 Å². The highest BCUT2D eigenvalue weighted by Gasteiger charge is 2.11. The summed E-state index contributed by atoms with van der Waals surface area (Å²) in [5.41, 5.74) is 0.581. The number of aromatic carboxylic acids is 1. The van der Waals surface area contributed by atoms with Crippen LogP contribution in [-0.2, 0) is 4.79 Å². The molecule has 0 atom stereocenters.